The Hall–Kier alpha value is -1.58. The monoisotopic (exact) mass is 324 g/mol. The van der Waals surface area contributed by atoms with E-state index >= 15 is 0 Å². The van der Waals surface area contributed by atoms with Gasteiger partial charge < -0.3 is 9.47 Å². The highest BCUT2D eigenvalue weighted by Gasteiger charge is 2.17. The second kappa shape index (κ2) is 14.0. The van der Waals surface area contributed by atoms with E-state index in [1.807, 2.05) is 26.0 Å². The standard InChI is InChI=1S/C19H32O4/c1-5-7-9-11-13-16(3)22-18(20)15-19(21)23-17(4)14-12-10-8-6-2/h5-6,16-17H,1-2,7-15H2,3-4H3. The summed E-state index contributed by atoms with van der Waals surface area (Å²) in [6, 6.07) is 0. The minimum absolute atomic E-state index is 0.170. The van der Waals surface area contributed by atoms with Crippen molar-refractivity contribution in [1.29, 1.82) is 0 Å². The molecule has 4 nitrogen and oxygen atoms in total. The van der Waals surface area contributed by atoms with E-state index in [2.05, 4.69) is 13.2 Å². The van der Waals surface area contributed by atoms with Gasteiger partial charge in [-0.1, -0.05) is 12.2 Å². The molecule has 0 N–H and O–H groups in total. The van der Waals surface area contributed by atoms with Gasteiger partial charge in [0.2, 0.25) is 0 Å². The molecule has 0 amide bonds. The van der Waals surface area contributed by atoms with Crippen molar-refractivity contribution in [2.45, 2.75) is 83.8 Å². The van der Waals surface area contributed by atoms with E-state index in [-0.39, 0.29) is 18.6 Å². The van der Waals surface area contributed by atoms with E-state index in [0.717, 1.165) is 51.4 Å². The molecule has 2 unspecified atom stereocenters. The first kappa shape index (κ1) is 21.4. The van der Waals surface area contributed by atoms with Crippen molar-refractivity contribution in [1.82, 2.24) is 0 Å². The number of esters is 2. The van der Waals surface area contributed by atoms with E-state index in [1.165, 1.54) is 0 Å². The molecule has 0 bridgehead atoms. The maximum atomic E-state index is 11.7. The van der Waals surface area contributed by atoms with Crippen LogP contribution in [-0.4, -0.2) is 24.1 Å². The van der Waals surface area contributed by atoms with Gasteiger partial charge in [0.25, 0.3) is 0 Å². The van der Waals surface area contributed by atoms with Gasteiger partial charge in [-0.15, -0.1) is 13.2 Å². The average molecular weight is 324 g/mol. The van der Waals surface area contributed by atoms with Gasteiger partial charge in [-0.25, -0.2) is 0 Å². The normalized spacial score (nSPS) is 13.0. The third kappa shape index (κ3) is 13.8. The topological polar surface area (TPSA) is 52.6 Å². The van der Waals surface area contributed by atoms with E-state index in [9.17, 15) is 9.59 Å². The molecule has 0 aromatic rings. The number of ether oxygens (including phenoxy) is 2. The lowest BCUT2D eigenvalue weighted by molar-refractivity contribution is -0.159. The first-order valence-corrected chi connectivity index (χ1v) is 8.60. The summed E-state index contributed by atoms with van der Waals surface area (Å²) in [5.74, 6) is -1.02. The van der Waals surface area contributed by atoms with Gasteiger partial charge in [-0.2, -0.15) is 0 Å². The molecule has 4 heteroatoms. The van der Waals surface area contributed by atoms with Gasteiger partial charge >= 0.3 is 11.9 Å². The second-order valence-electron chi connectivity index (χ2n) is 5.92. The Bertz CT molecular complexity index is 328. The molecule has 0 saturated heterocycles. The van der Waals surface area contributed by atoms with Crippen molar-refractivity contribution in [2.75, 3.05) is 0 Å². The first-order valence-electron chi connectivity index (χ1n) is 8.60. The van der Waals surface area contributed by atoms with Crippen LogP contribution >= 0.6 is 0 Å². The molecule has 0 radical (unpaired) electrons. The Balaban J connectivity index is 3.80. The van der Waals surface area contributed by atoms with Crippen molar-refractivity contribution < 1.29 is 19.1 Å². The zero-order valence-corrected chi connectivity index (χ0v) is 14.7. The summed E-state index contributed by atoms with van der Waals surface area (Å²) >= 11 is 0. The van der Waals surface area contributed by atoms with Crippen LogP contribution < -0.4 is 0 Å². The zero-order chi connectivity index (χ0) is 17.5. The summed E-state index contributed by atoms with van der Waals surface area (Å²) in [7, 11) is 0. The average Bonchev–Trinajstić information content (AvgIpc) is 2.47. The van der Waals surface area contributed by atoms with Crippen LogP contribution in [0.4, 0.5) is 0 Å². The fourth-order valence-electron chi connectivity index (χ4n) is 2.21. The molecule has 0 saturated carbocycles. The summed E-state index contributed by atoms with van der Waals surface area (Å²) in [5.41, 5.74) is 0. The van der Waals surface area contributed by atoms with E-state index in [4.69, 9.17) is 9.47 Å². The highest BCUT2D eigenvalue weighted by Crippen LogP contribution is 2.10. The van der Waals surface area contributed by atoms with Crippen LogP contribution in [0.2, 0.25) is 0 Å². The number of hydrogen-bond donors (Lipinski definition) is 0. The summed E-state index contributed by atoms with van der Waals surface area (Å²) in [6.07, 6.45) is 10.7. The molecule has 2 atom stereocenters. The van der Waals surface area contributed by atoms with Gasteiger partial charge in [0, 0.05) is 0 Å². The number of unbranched alkanes of at least 4 members (excludes halogenated alkanes) is 4. The van der Waals surface area contributed by atoms with E-state index < -0.39 is 11.9 Å². The van der Waals surface area contributed by atoms with Crippen molar-refractivity contribution in [2.24, 2.45) is 0 Å². The molecule has 0 aliphatic heterocycles. The largest absolute Gasteiger partial charge is 0.462 e. The molecule has 0 aliphatic carbocycles. The predicted molar refractivity (Wildman–Crippen MR) is 93.1 cm³/mol. The molecular weight excluding hydrogens is 292 g/mol. The number of rotatable bonds is 14. The quantitative estimate of drug-likeness (QED) is 0.200. The third-order valence-electron chi connectivity index (χ3n) is 3.49. The Kier molecular flexibility index (Phi) is 13.1. The zero-order valence-electron chi connectivity index (χ0n) is 14.7. The highest BCUT2D eigenvalue weighted by molar-refractivity contribution is 5.91. The molecule has 0 spiro atoms. The van der Waals surface area contributed by atoms with Crippen LogP contribution in [0, 0.1) is 0 Å². The van der Waals surface area contributed by atoms with Crippen LogP contribution in [0.25, 0.3) is 0 Å². The molecule has 132 valence electrons. The van der Waals surface area contributed by atoms with Gasteiger partial charge in [0.15, 0.2) is 0 Å². The molecule has 23 heavy (non-hydrogen) atoms. The smallest absolute Gasteiger partial charge is 0.317 e. The number of carbonyl (C=O) groups is 2. The number of hydrogen-bond acceptors (Lipinski definition) is 4. The van der Waals surface area contributed by atoms with Gasteiger partial charge in [0.05, 0.1) is 12.2 Å². The minimum Gasteiger partial charge on any atom is -0.462 e. The summed E-state index contributed by atoms with van der Waals surface area (Å²) in [4.78, 5) is 23.4. The maximum absolute atomic E-state index is 11.7. The van der Waals surface area contributed by atoms with Crippen LogP contribution in [-0.2, 0) is 19.1 Å². The molecule has 0 aromatic heterocycles. The van der Waals surface area contributed by atoms with Crippen LogP contribution in [0.15, 0.2) is 25.3 Å². The summed E-state index contributed by atoms with van der Waals surface area (Å²) in [6.45, 7) is 11.0. The second-order valence-corrected chi connectivity index (χ2v) is 5.92. The van der Waals surface area contributed by atoms with Gasteiger partial charge in [0.1, 0.15) is 6.42 Å². The van der Waals surface area contributed by atoms with E-state index in [1.54, 1.807) is 0 Å². The SMILES string of the molecule is C=CCCCCC(C)OC(=O)CC(=O)OC(C)CCCCC=C. The Morgan fingerprint density at radius 3 is 1.57 bits per heavy atom. The first-order chi connectivity index (χ1) is 11.0. The predicted octanol–water partition coefficient (Wildman–Crippen LogP) is 4.73. The molecule has 0 fully saturated rings. The lowest BCUT2D eigenvalue weighted by atomic mass is 10.1. The molecule has 0 heterocycles. The van der Waals surface area contributed by atoms with Crippen LogP contribution in [0.1, 0.15) is 71.6 Å². The lowest BCUT2D eigenvalue weighted by Crippen LogP contribution is -2.21. The Morgan fingerprint density at radius 1 is 0.826 bits per heavy atom. The molecule has 0 aromatic carbocycles. The van der Waals surface area contributed by atoms with Crippen LogP contribution in [0.5, 0.6) is 0 Å². The Labute approximate surface area is 140 Å². The van der Waals surface area contributed by atoms with Gasteiger partial charge in [-0.3, -0.25) is 9.59 Å². The maximum Gasteiger partial charge on any atom is 0.317 e. The molecular formula is C19H32O4. The number of carbonyl (C=O) groups excluding carboxylic acids is 2. The van der Waals surface area contributed by atoms with Gasteiger partial charge in [-0.05, 0) is 65.2 Å². The fraction of sp³-hybridized carbons (Fsp3) is 0.684. The van der Waals surface area contributed by atoms with E-state index in [0.29, 0.717) is 0 Å². The Morgan fingerprint density at radius 2 is 1.22 bits per heavy atom. The molecule has 0 rings (SSSR count). The lowest BCUT2D eigenvalue weighted by Gasteiger charge is -2.15. The van der Waals surface area contributed by atoms with Crippen molar-refractivity contribution in [3.05, 3.63) is 25.3 Å². The van der Waals surface area contributed by atoms with Crippen molar-refractivity contribution >= 4 is 11.9 Å². The van der Waals surface area contributed by atoms with Crippen LogP contribution in [0.3, 0.4) is 0 Å². The van der Waals surface area contributed by atoms with Crippen molar-refractivity contribution in [3.63, 3.8) is 0 Å². The van der Waals surface area contributed by atoms with Crippen molar-refractivity contribution in [3.8, 4) is 0 Å². The summed E-state index contributed by atoms with van der Waals surface area (Å²) in [5, 5.41) is 0. The number of allylic oxidation sites excluding steroid dienone is 2. The fourth-order valence-corrected chi connectivity index (χ4v) is 2.21. The third-order valence-corrected chi connectivity index (χ3v) is 3.49. The summed E-state index contributed by atoms with van der Waals surface area (Å²) < 4.78 is 10.4. The molecule has 0 aliphatic rings. The highest BCUT2D eigenvalue weighted by atomic mass is 16.6. The minimum atomic E-state index is -0.509.